The van der Waals surface area contributed by atoms with Gasteiger partial charge in [-0.3, -0.25) is 0 Å². The van der Waals surface area contributed by atoms with Gasteiger partial charge in [0.15, 0.2) is 5.84 Å². The number of oxime groups is 1. The molecule has 20 heavy (non-hydrogen) atoms. The smallest absolute Gasteiger partial charge is 0.170 e. The molecule has 0 aliphatic heterocycles. The maximum absolute atomic E-state index is 13.1. The van der Waals surface area contributed by atoms with Gasteiger partial charge < -0.3 is 16.3 Å². The second kappa shape index (κ2) is 6.38. The molecule has 6 heteroatoms. The highest BCUT2D eigenvalue weighted by Gasteiger charge is 2.02. The quantitative estimate of drug-likeness (QED) is 0.347. The van der Waals surface area contributed by atoms with Gasteiger partial charge in [0.05, 0.1) is 4.47 Å². The third kappa shape index (κ3) is 3.48. The van der Waals surface area contributed by atoms with E-state index in [1.54, 1.807) is 18.2 Å². The van der Waals surface area contributed by atoms with Crippen molar-refractivity contribution < 1.29 is 9.60 Å². The first kappa shape index (κ1) is 14.3. The number of hydrogen-bond donors (Lipinski definition) is 3. The standard InChI is InChI=1S/C14H13BrFN3O/c15-12-7-11(4-5-13(12)16)18-8-9-2-1-3-10(6-9)14(17)19-20/h1-7,18,20H,8H2,(H2,17,19). The zero-order chi connectivity index (χ0) is 14.5. The molecule has 0 saturated carbocycles. The van der Waals surface area contributed by atoms with E-state index < -0.39 is 0 Å². The van der Waals surface area contributed by atoms with Gasteiger partial charge in [0.2, 0.25) is 0 Å². The van der Waals surface area contributed by atoms with Crippen molar-refractivity contribution in [3.05, 3.63) is 63.9 Å². The zero-order valence-electron chi connectivity index (χ0n) is 10.5. The molecule has 0 spiro atoms. The van der Waals surface area contributed by atoms with E-state index in [1.807, 2.05) is 18.2 Å². The van der Waals surface area contributed by atoms with Gasteiger partial charge >= 0.3 is 0 Å². The van der Waals surface area contributed by atoms with E-state index in [2.05, 4.69) is 26.4 Å². The van der Waals surface area contributed by atoms with Crippen molar-refractivity contribution in [3.8, 4) is 0 Å². The van der Waals surface area contributed by atoms with Crippen LogP contribution in [-0.4, -0.2) is 11.0 Å². The van der Waals surface area contributed by atoms with Gasteiger partial charge in [-0.05, 0) is 45.8 Å². The number of nitrogens with zero attached hydrogens (tertiary/aromatic N) is 1. The predicted molar refractivity (Wildman–Crippen MR) is 80.4 cm³/mol. The molecule has 2 aromatic rings. The Kier molecular flexibility index (Phi) is 4.57. The number of anilines is 1. The number of rotatable bonds is 4. The van der Waals surface area contributed by atoms with Crippen molar-refractivity contribution >= 4 is 27.5 Å². The topological polar surface area (TPSA) is 70.6 Å². The highest BCUT2D eigenvalue weighted by molar-refractivity contribution is 9.10. The Morgan fingerprint density at radius 1 is 1.30 bits per heavy atom. The molecule has 2 rings (SSSR count). The highest BCUT2D eigenvalue weighted by Crippen LogP contribution is 2.20. The van der Waals surface area contributed by atoms with Gasteiger partial charge in [0.25, 0.3) is 0 Å². The summed E-state index contributed by atoms with van der Waals surface area (Å²) in [5.41, 5.74) is 7.95. The average molecular weight is 338 g/mol. The minimum atomic E-state index is -0.301. The van der Waals surface area contributed by atoms with Gasteiger partial charge in [-0.15, -0.1) is 0 Å². The molecule has 0 atom stereocenters. The van der Waals surface area contributed by atoms with E-state index in [4.69, 9.17) is 10.9 Å². The normalized spacial score (nSPS) is 11.4. The van der Waals surface area contributed by atoms with Crippen LogP contribution in [0.5, 0.6) is 0 Å². The Balaban J connectivity index is 2.09. The van der Waals surface area contributed by atoms with Gasteiger partial charge in [0.1, 0.15) is 5.82 Å². The van der Waals surface area contributed by atoms with Crippen molar-refractivity contribution in [2.24, 2.45) is 10.9 Å². The van der Waals surface area contributed by atoms with Crippen LogP contribution in [0, 0.1) is 5.82 Å². The molecule has 0 amide bonds. The number of nitrogens with two attached hydrogens (primary N) is 1. The first-order chi connectivity index (χ1) is 9.60. The molecule has 0 aromatic heterocycles. The first-order valence-corrected chi connectivity index (χ1v) is 6.65. The maximum Gasteiger partial charge on any atom is 0.170 e. The van der Waals surface area contributed by atoms with Crippen molar-refractivity contribution in [3.63, 3.8) is 0 Å². The van der Waals surface area contributed by atoms with Crippen LogP contribution < -0.4 is 11.1 Å². The Bertz CT molecular complexity index is 646. The molecule has 4 nitrogen and oxygen atoms in total. The second-order valence-corrected chi connectivity index (χ2v) is 5.02. The van der Waals surface area contributed by atoms with Crippen LogP contribution in [0.1, 0.15) is 11.1 Å². The lowest BCUT2D eigenvalue weighted by Crippen LogP contribution is -2.13. The Labute approximate surface area is 124 Å². The molecular formula is C14H13BrFN3O. The van der Waals surface area contributed by atoms with E-state index >= 15 is 0 Å². The second-order valence-electron chi connectivity index (χ2n) is 4.17. The van der Waals surface area contributed by atoms with Gasteiger partial charge in [0, 0.05) is 17.8 Å². The van der Waals surface area contributed by atoms with Crippen LogP contribution in [0.4, 0.5) is 10.1 Å². The summed E-state index contributed by atoms with van der Waals surface area (Å²) in [7, 11) is 0. The summed E-state index contributed by atoms with van der Waals surface area (Å²) in [6.07, 6.45) is 0. The summed E-state index contributed by atoms with van der Waals surface area (Å²) in [5.74, 6) is -0.235. The maximum atomic E-state index is 13.1. The predicted octanol–water partition coefficient (Wildman–Crippen LogP) is 3.29. The minimum absolute atomic E-state index is 0.0661. The zero-order valence-corrected chi connectivity index (χ0v) is 12.1. The number of amidine groups is 1. The summed E-state index contributed by atoms with van der Waals surface area (Å²) >= 11 is 3.14. The van der Waals surface area contributed by atoms with Crippen LogP contribution in [0.25, 0.3) is 0 Å². The van der Waals surface area contributed by atoms with Crippen LogP contribution in [-0.2, 0) is 6.54 Å². The van der Waals surface area contributed by atoms with Crippen LogP contribution in [0.3, 0.4) is 0 Å². The van der Waals surface area contributed by atoms with E-state index in [9.17, 15) is 4.39 Å². The number of nitrogens with one attached hydrogen (secondary N) is 1. The minimum Gasteiger partial charge on any atom is -0.409 e. The molecule has 4 N–H and O–H groups in total. The van der Waals surface area contributed by atoms with Crippen molar-refractivity contribution in [1.29, 1.82) is 0 Å². The largest absolute Gasteiger partial charge is 0.409 e. The molecular weight excluding hydrogens is 325 g/mol. The highest BCUT2D eigenvalue weighted by atomic mass is 79.9. The fraction of sp³-hybridized carbons (Fsp3) is 0.0714. The molecule has 0 aliphatic carbocycles. The fourth-order valence-corrected chi connectivity index (χ4v) is 2.09. The molecule has 0 aliphatic rings. The van der Waals surface area contributed by atoms with E-state index in [0.717, 1.165) is 11.3 Å². The number of benzene rings is 2. The Morgan fingerprint density at radius 3 is 2.80 bits per heavy atom. The molecule has 0 heterocycles. The SMILES string of the molecule is N/C(=N/O)c1cccc(CNc2ccc(F)c(Br)c2)c1. The number of halogens is 2. The van der Waals surface area contributed by atoms with E-state index in [1.165, 1.54) is 6.07 Å². The molecule has 0 radical (unpaired) electrons. The summed E-state index contributed by atoms with van der Waals surface area (Å²) in [6.45, 7) is 0.546. The summed E-state index contributed by atoms with van der Waals surface area (Å²) in [6, 6.07) is 12.0. The van der Waals surface area contributed by atoms with Crippen LogP contribution >= 0.6 is 15.9 Å². The summed E-state index contributed by atoms with van der Waals surface area (Å²) in [5, 5.41) is 14.8. The third-order valence-corrected chi connectivity index (χ3v) is 3.35. The fourth-order valence-electron chi connectivity index (χ4n) is 1.71. The molecule has 2 aromatic carbocycles. The molecule has 104 valence electrons. The molecule has 0 fully saturated rings. The van der Waals surface area contributed by atoms with Crippen molar-refractivity contribution in [2.75, 3.05) is 5.32 Å². The van der Waals surface area contributed by atoms with Gasteiger partial charge in [-0.2, -0.15) is 0 Å². The van der Waals surface area contributed by atoms with E-state index in [0.29, 0.717) is 16.6 Å². The van der Waals surface area contributed by atoms with Crippen molar-refractivity contribution in [1.82, 2.24) is 0 Å². The van der Waals surface area contributed by atoms with Crippen molar-refractivity contribution in [2.45, 2.75) is 6.54 Å². The Morgan fingerprint density at radius 2 is 2.10 bits per heavy atom. The van der Waals surface area contributed by atoms with Crippen LogP contribution in [0.15, 0.2) is 52.1 Å². The van der Waals surface area contributed by atoms with E-state index in [-0.39, 0.29) is 11.7 Å². The third-order valence-electron chi connectivity index (χ3n) is 2.75. The van der Waals surface area contributed by atoms with Crippen LogP contribution in [0.2, 0.25) is 0 Å². The summed E-state index contributed by atoms with van der Waals surface area (Å²) < 4.78 is 13.5. The van der Waals surface area contributed by atoms with Gasteiger partial charge in [-0.1, -0.05) is 23.4 Å². The monoisotopic (exact) mass is 337 g/mol. The lowest BCUT2D eigenvalue weighted by Gasteiger charge is -2.08. The molecule has 0 saturated heterocycles. The lowest BCUT2D eigenvalue weighted by molar-refractivity contribution is 0.318. The molecule has 0 unspecified atom stereocenters. The molecule has 0 bridgehead atoms. The lowest BCUT2D eigenvalue weighted by atomic mass is 10.1. The number of hydrogen-bond acceptors (Lipinski definition) is 3. The first-order valence-electron chi connectivity index (χ1n) is 5.86. The van der Waals surface area contributed by atoms with Gasteiger partial charge in [-0.25, -0.2) is 4.39 Å². The average Bonchev–Trinajstić information content (AvgIpc) is 2.48. The summed E-state index contributed by atoms with van der Waals surface area (Å²) in [4.78, 5) is 0. The Hall–Kier alpha value is -2.08.